The van der Waals surface area contributed by atoms with Crippen LogP contribution >= 0.6 is 15.9 Å². The summed E-state index contributed by atoms with van der Waals surface area (Å²) in [5, 5.41) is 7.18. The molecule has 1 N–H and O–H groups in total. The van der Waals surface area contributed by atoms with Crippen LogP contribution in [0.25, 0.3) is 0 Å². The van der Waals surface area contributed by atoms with Crippen molar-refractivity contribution in [2.75, 3.05) is 12.1 Å². The van der Waals surface area contributed by atoms with Crippen molar-refractivity contribution in [2.45, 2.75) is 6.54 Å². The minimum Gasteiger partial charge on any atom is -0.454 e. The van der Waals surface area contributed by atoms with Gasteiger partial charge in [0, 0.05) is 10.5 Å². The van der Waals surface area contributed by atoms with Crippen molar-refractivity contribution >= 4 is 27.7 Å². The monoisotopic (exact) mass is 399 g/mol. The van der Waals surface area contributed by atoms with E-state index in [0.717, 1.165) is 10.0 Å². The lowest BCUT2D eigenvalue weighted by molar-refractivity contribution is 0.102. The van der Waals surface area contributed by atoms with Crippen molar-refractivity contribution in [3.8, 4) is 11.5 Å². The molecule has 7 heteroatoms. The first-order valence-electron chi connectivity index (χ1n) is 7.67. The van der Waals surface area contributed by atoms with E-state index in [1.165, 1.54) is 0 Å². The molecule has 0 saturated heterocycles. The molecule has 6 nitrogen and oxygen atoms in total. The predicted molar refractivity (Wildman–Crippen MR) is 96.0 cm³/mol. The Bertz CT molecular complexity index is 939. The summed E-state index contributed by atoms with van der Waals surface area (Å²) in [6, 6.07) is 15.0. The third-order valence-corrected chi connectivity index (χ3v) is 4.31. The minimum atomic E-state index is -0.265. The molecule has 0 spiro atoms. The highest BCUT2D eigenvalue weighted by atomic mass is 79.9. The van der Waals surface area contributed by atoms with Gasteiger partial charge in [0.05, 0.1) is 18.3 Å². The van der Waals surface area contributed by atoms with Gasteiger partial charge in [0.1, 0.15) is 5.82 Å². The Balaban J connectivity index is 1.55. The minimum absolute atomic E-state index is 0.125. The van der Waals surface area contributed by atoms with Crippen LogP contribution in [0.5, 0.6) is 11.5 Å². The molecule has 1 aliphatic rings. The van der Waals surface area contributed by atoms with Crippen LogP contribution in [0.1, 0.15) is 15.9 Å². The molecule has 0 saturated carbocycles. The summed E-state index contributed by atoms with van der Waals surface area (Å²) < 4.78 is 13.4. The van der Waals surface area contributed by atoms with Gasteiger partial charge in [0.25, 0.3) is 5.91 Å². The van der Waals surface area contributed by atoms with Gasteiger partial charge in [-0.25, -0.2) is 4.68 Å². The molecule has 0 atom stereocenters. The molecule has 4 rings (SSSR count). The Kier molecular flexibility index (Phi) is 4.15. The second-order valence-corrected chi connectivity index (χ2v) is 6.41. The van der Waals surface area contributed by atoms with Crippen LogP contribution in [-0.4, -0.2) is 22.5 Å². The molecule has 3 aromatic rings. The number of para-hydroxylation sites is 1. The first kappa shape index (κ1) is 15.7. The van der Waals surface area contributed by atoms with E-state index < -0.39 is 0 Å². The van der Waals surface area contributed by atoms with Crippen LogP contribution < -0.4 is 14.8 Å². The van der Waals surface area contributed by atoms with Gasteiger partial charge in [-0.05, 0) is 29.8 Å². The van der Waals surface area contributed by atoms with Crippen LogP contribution in [0.2, 0.25) is 0 Å². The molecule has 0 aliphatic carbocycles. The molecule has 1 aliphatic heterocycles. The summed E-state index contributed by atoms with van der Waals surface area (Å²) in [5.74, 6) is 1.40. The number of aromatic nitrogens is 2. The van der Waals surface area contributed by atoms with Crippen LogP contribution in [0.15, 0.2) is 59.2 Å². The number of amides is 1. The van der Waals surface area contributed by atoms with E-state index in [-0.39, 0.29) is 12.7 Å². The molecule has 0 bridgehead atoms. The van der Waals surface area contributed by atoms with Crippen molar-refractivity contribution < 1.29 is 14.3 Å². The zero-order valence-corrected chi connectivity index (χ0v) is 14.7. The number of ether oxygens (including phenoxy) is 2. The van der Waals surface area contributed by atoms with Crippen molar-refractivity contribution in [3.05, 3.63) is 70.3 Å². The molecule has 0 fully saturated rings. The number of hydrogen-bond acceptors (Lipinski definition) is 4. The molecule has 1 amide bonds. The normalized spacial score (nSPS) is 12.2. The summed E-state index contributed by atoms with van der Waals surface area (Å²) in [4.78, 5) is 12.6. The second kappa shape index (κ2) is 6.60. The molecule has 1 aromatic heterocycles. The smallest absolute Gasteiger partial charge is 0.260 e. The van der Waals surface area contributed by atoms with Crippen LogP contribution in [0.3, 0.4) is 0 Å². The molecule has 2 heterocycles. The Labute approximate surface area is 152 Å². The average Bonchev–Trinajstić information content (AvgIpc) is 3.24. The molecular weight excluding hydrogens is 386 g/mol. The summed E-state index contributed by atoms with van der Waals surface area (Å²) in [7, 11) is 0. The zero-order chi connectivity index (χ0) is 17.2. The predicted octanol–water partition coefficient (Wildman–Crippen LogP) is 3.67. The lowest BCUT2D eigenvalue weighted by Gasteiger charge is -2.10. The van der Waals surface area contributed by atoms with Crippen molar-refractivity contribution in [3.63, 3.8) is 0 Å². The van der Waals surface area contributed by atoms with Crippen LogP contribution in [0, 0.1) is 0 Å². The van der Waals surface area contributed by atoms with Gasteiger partial charge in [-0.3, -0.25) is 4.79 Å². The molecular formula is C18H14BrN3O3. The number of carbonyl (C=O) groups excluding carboxylic acids is 1. The zero-order valence-electron chi connectivity index (χ0n) is 13.1. The number of fused-ring (bicyclic) bond motifs is 1. The summed E-state index contributed by atoms with van der Waals surface area (Å²) in [6.07, 6.45) is 1.66. The fourth-order valence-electron chi connectivity index (χ4n) is 2.67. The molecule has 2 aromatic carbocycles. The third-order valence-electron chi connectivity index (χ3n) is 3.82. The van der Waals surface area contributed by atoms with Crippen molar-refractivity contribution in [1.82, 2.24) is 9.78 Å². The number of anilines is 1. The van der Waals surface area contributed by atoms with Crippen molar-refractivity contribution in [1.29, 1.82) is 0 Å². The van der Waals surface area contributed by atoms with Crippen LogP contribution in [-0.2, 0) is 6.54 Å². The summed E-state index contributed by atoms with van der Waals surface area (Å²) in [6.45, 7) is 0.676. The Morgan fingerprint density at radius 2 is 2.08 bits per heavy atom. The maximum Gasteiger partial charge on any atom is 0.260 e. The highest BCUT2D eigenvalue weighted by Gasteiger charge is 2.22. The van der Waals surface area contributed by atoms with E-state index in [0.29, 0.717) is 29.4 Å². The number of benzene rings is 2. The maximum absolute atomic E-state index is 12.6. The van der Waals surface area contributed by atoms with Crippen LogP contribution in [0.4, 0.5) is 5.82 Å². The number of nitrogens with one attached hydrogen (secondary N) is 1. The number of carbonyl (C=O) groups is 1. The number of hydrogen-bond donors (Lipinski definition) is 1. The van der Waals surface area contributed by atoms with E-state index in [1.807, 2.05) is 24.3 Å². The van der Waals surface area contributed by atoms with Gasteiger partial charge in [0.15, 0.2) is 11.5 Å². The molecule has 25 heavy (non-hydrogen) atoms. The maximum atomic E-state index is 12.6. The molecule has 0 unspecified atom stereocenters. The number of halogens is 1. The first-order valence-corrected chi connectivity index (χ1v) is 8.46. The van der Waals surface area contributed by atoms with Gasteiger partial charge < -0.3 is 14.8 Å². The Morgan fingerprint density at radius 3 is 2.96 bits per heavy atom. The standard InChI is InChI=1S/C18H14BrN3O3/c19-13-4-1-3-12(9-13)10-22-16(7-8-20-22)21-18(23)14-5-2-6-15-17(14)25-11-24-15/h1-9H,10-11H2,(H,21,23). The van der Waals surface area contributed by atoms with E-state index in [1.54, 1.807) is 35.1 Å². The van der Waals surface area contributed by atoms with Gasteiger partial charge in [-0.1, -0.05) is 34.1 Å². The lowest BCUT2D eigenvalue weighted by Crippen LogP contribution is -2.16. The second-order valence-electron chi connectivity index (χ2n) is 5.50. The highest BCUT2D eigenvalue weighted by molar-refractivity contribution is 9.10. The van der Waals surface area contributed by atoms with Gasteiger partial charge in [-0.15, -0.1) is 0 Å². The fourth-order valence-corrected chi connectivity index (χ4v) is 3.11. The van der Waals surface area contributed by atoms with Gasteiger partial charge >= 0.3 is 0 Å². The molecule has 126 valence electrons. The third kappa shape index (κ3) is 3.23. The van der Waals surface area contributed by atoms with Crippen molar-refractivity contribution in [2.24, 2.45) is 0 Å². The van der Waals surface area contributed by atoms with E-state index >= 15 is 0 Å². The number of nitrogens with zero attached hydrogens (tertiary/aromatic N) is 2. The quantitative estimate of drug-likeness (QED) is 0.726. The SMILES string of the molecule is O=C(Nc1ccnn1Cc1cccc(Br)c1)c1cccc2c1OCO2. The fraction of sp³-hybridized carbons (Fsp3) is 0.111. The largest absolute Gasteiger partial charge is 0.454 e. The Hall–Kier alpha value is -2.80. The lowest BCUT2D eigenvalue weighted by atomic mass is 10.1. The van der Waals surface area contributed by atoms with Gasteiger partial charge in [0.2, 0.25) is 6.79 Å². The first-order chi connectivity index (χ1) is 12.2. The number of rotatable bonds is 4. The topological polar surface area (TPSA) is 65.4 Å². The summed E-state index contributed by atoms with van der Waals surface area (Å²) in [5.41, 5.74) is 1.51. The summed E-state index contributed by atoms with van der Waals surface area (Å²) >= 11 is 3.46. The van der Waals surface area contributed by atoms with Gasteiger partial charge in [-0.2, -0.15) is 5.10 Å². The van der Waals surface area contributed by atoms with E-state index in [2.05, 4.69) is 26.3 Å². The average molecular weight is 400 g/mol. The van der Waals surface area contributed by atoms with E-state index in [9.17, 15) is 4.79 Å². The highest BCUT2D eigenvalue weighted by Crippen LogP contribution is 2.35. The molecule has 0 radical (unpaired) electrons. The Morgan fingerprint density at radius 1 is 1.20 bits per heavy atom. The van der Waals surface area contributed by atoms with E-state index in [4.69, 9.17) is 9.47 Å².